The monoisotopic (exact) mass is 742 g/mol. The molecule has 7 atom stereocenters. The number of rotatable bonds is 36. The molecule has 0 spiro atoms. The van der Waals surface area contributed by atoms with Crippen molar-refractivity contribution in [2.45, 2.75) is 243 Å². The van der Waals surface area contributed by atoms with Crippen molar-refractivity contribution in [3.05, 3.63) is 12.2 Å². The summed E-state index contributed by atoms with van der Waals surface area (Å²) in [6, 6.07) is -0.718. The Kier molecular flexibility index (Phi) is 32.4. The molecule has 1 saturated heterocycles. The second-order valence-electron chi connectivity index (χ2n) is 15.5. The fraction of sp³-hybridized carbons (Fsp3) is 0.930. The van der Waals surface area contributed by atoms with Crippen LogP contribution in [-0.2, 0) is 14.3 Å². The molecule has 0 bridgehead atoms. The third kappa shape index (κ3) is 25.1. The zero-order valence-electron chi connectivity index (χ0n) is 33.6. The molecule has 1 rings (SSSR count). The van der Waals surface area contributed by atoms with Gasteiger partial charge in [-0.15, -0.1) is 0 Å². The highest BCUT2D eigenvalue weighted by Crippen LogP contribution is 2.23. The Morgan fingerprint density at radius 2 is 1.08 bits per heavy atom. The first-order valence-electron chi connectivity index (χ1n) is 21.9. The van der Waals surface area contributed by atoms with Crippen molar-refractivity contribution in [1.29, 1.82) is 0 Å². The summed E-state index contributed by atoms with van der Waals surface area (Å²) in [5, 5.41) is 54.2. The van der Waals surface area contributed by atoms with Gasteiger partial charge in [-0.3, -0.25) is 4.79 Å². The summed E-state index contributed by atoms with van der Waals surface area (Å²) in [6.07, 6.45) is 30.7. The van der Waals surface area contributed by atoms with E-state index < -0.39 is 49.5 Å². The smallest absolute Gasteiger partial charge is 0.220 e. The summed E-state index contributed by atoms with van der Waals surface area (Å²) in [4.78, 5) is 12.9. The van der Waals surface area contributed by atoms with Crippen molar-refractivity contribution < 1.29 is 39.8 Å². The lowest BCUT2D eigenvalue weighted by atomic mass is 9.99. The summed E-state index contributed by atoms with van der Waals surface area (Å²) in [5.41, 5.74) is 0. The lowest BCUT2D eigenvalue weighted by Gasteiger charge is -2.40. The highest BCUT2D eigenvalue weighted by Gasteiger charge is 2.44. The molecule has 1 amide bonds. The van der Waals surface area contributed by atoms with Crippen LogP contribution in [0.5, 0.6) is 0 Å². The van der Waals surface area contributed by atoms with E-state index in [2.05, 4.69) is 31.3 Å². The fourth-order valence-electron chi connectivity index (χ4n) is 7.04. The third-order valence-electron chi connectivity index (χ3n) is 10.6. The number of hydrogen-bond acceptors (Lipinski definition) is 8. The maximum absolute atomic E-state index is 12.9. The summed E-state index contributed by atoms with van der Waals surface area (Å²) in [6.45, 7) is 3.82. The molecule has 6 N–H and O–H groups in total. The van der Waals surface area contributed by atoms with Crippen molar-refractivity contribution in [3.63, 3.8) is 0 Å². The van der Waals surface area contributed by atoms with E-state index in [1.807, 2.05) is 0 Å². The Morgan fingerprint density at radius 1 is 0.635 bits per heavy atom. The number of aliphatic hydroxyl groups is 5. The molecule has 0 aromatic carbocycles. The maximum atomic E-state index is 12.9. The summed E-state index contributed by atoms with van der Waals surface area (Å²) >= 11 is 0. The Morgan fingerprint density at radius 3 is 1.56 bits per heavy atom. The molecule has 2 unspecified atom stereocenters. The number of amides is 1. The van der Waals surface area contributed by atoms with Crippen molar-refractivity contribution >= 4 is 5.91 Å². The molecule has 308 valence electrons. The van der Waals surface area contributed by atoms with Crippen LogP contribution in [0.2, 0.25) is 0 Å². The molecular weight excluding hydrogens is 658 g/mol. The number of unbranched alkanes of at least 4 members (excludes halogenated alkanes) is 24. The predicted molar refractivity (Wildman–Crippen MR) is 212 cm³/mol. The number of nitrogens with one attached hydrogen (secondary N) is 1. The first-order valence-corrected chi connectivity index (χ1v) is 21.9. The van der Waals surface area contributed by atoms with Crippen LogP contribution < -0.4 is 5.32 Å². The first kappa shape index (κ1) is 48.9. The van der Waals surface area contributed by atoms with E-state index in [-0.39, 0.29) is 12.5 Å². The number of aliphatic hydroxyl groups excluding tert-OH is 5. The average Bonchev–Trinajstić information content (AvgIpc) is 3.14. The number of carbonyl (C=O) groups is 1. The molecule has 0 radical (unpaired) electrons. The topological polar surface area (TPSA) is 149 Å². The van der Waals surface area contributed by atoms with Gasteiger partial charge in [-0.1, -0.05) is 167 Å². The van der Waals surface area contributed by atoms with E-state index in [1.54, 1.807) is 0 Å². The minimum absolute atomic E-state index is 0.138. The van der Waals surface area contributed by atoms with Gasteiger partial charge in [-0.25, -0.2) is 0 Å². The van der Waals surface area contributed by atoms with Crippen LogP contribution in [-0.4, -0.2) is 87.5 Å². The summed E-state index contributed by atoms with van der Waals surface area (Å²) in [5.74, 6) is -0.153. The van der Waals surface area contributed by atoms with Gasteiger partial charge in [-0.05, 0) is 38.5 Å². The van der Waals surface area contributed by atoms with Gasteiger partial charge < -0.3 is 40.3 Å². The summed E-state index contributed by atoms with van der Waals surface area (Å²) in [7, 11) is 0. The van der Waals surface area contributed by atoms with Gasteiger partial charge in [0.1, 0.15) is 24.4 Å². The molecule has 0 aromatic heterocycles. The Bertz CT molecular complexity index is 827. The highest BCUT2D eigenvalue weighted by molar-refractivity contribution is 5.76. The predicted octanol–water partition coefficient (Wildman–Crippen LogP) is 8.56. The molecule has 9 nitrogen and oxygen atoms in total. The van der Waals surface area contributed by atoms with Gasteiger partial charge in [0.05, 0.1) is 25.4 Å². The minimum Gasteiger partial charge on any atom is -0.394 e. The average molecular weight is 742 g/mol. The van der Waals surface area contributed by atoms with Gasteiger partial charge in [0.25, 0.3) is 0 Å². The Balaban J connectivity index is 2.36. The van der Waals surface area contributed by atoms with Crippen molar-refractivity contribution in [3.8, 4) is 0 Å². The normalized spacial score (nSPS) is 21.9. The van der Waals surface area contributed by atoms with Crippen LogP contribution in [0.15, 0.2) is 12.2 Å². The number of allylic oxidation sites excluding steroid dienone is 2. The van der Waals surface area contributed by atoms with Gasteiger partial charge in [-0.2, -0.15) is 0 Å². The zero-order chi connectivity index (χ0) is 38.1. The molecule has 1 aliphatic rings. The zero-order valence-corrected chi connectivity index (χ0v) is 33.6. The van der Waals surface area contributed by atoms with E-state index >= 15 is 0 Å². The molecule has 0 saturated carbocycles. The molecule has 1 fully saturated rings. The number of carbonyl (C=O) groups excluding carboxylic acids is 1. The second kappa shape index (κ2) is 34.4. The van der Waals surface area contributed by atoms with E-state index in [0.717, 1.165) is 51.4 Å². The number of hydrogen-bond donors (Lipinski definition) is 6. The number of ether oxygens (including phenoxy) is 2. The largest absolute Gasteiger partial charge is 0.394 e. The fourth-order valence-corrected chi connectivity index (χ4v) is 7.04. The molecule has 1 aliphatic heterocycles. The lowest BCUT2D eigenvalue weighted by molar-refractivity contribution is -0.302. The minimum atomic E-state index is -1.55. The molecule has 0 aromatic rings. The van der Waals surface area contributed by atoms with Crippen molar-refractivity contribution in [2.24, 2.45) is 0 Å². The molecule has 0 aliphatic carbocycles. The van der Waals surface area contributed by atoms with E-state index in [1.165, 1.54) is 122 Å². The van der Waals surface area contributed by atoms with Crippen LogP contribution in [0.1, 0.15) is 200 Å². The molecule has 52 heavy (non-hydrogen) atoms. The first-order chi connectivity index (χ1) is 25.3. The van der Waals surface area contributed by atoms with Crippen LogP contribution in [0.3, 0.4) is 0 Å². The molecule has 1 heterocycles. The highest BCUT2D eigenvalue weighted by atomic mass is 16.7. The van der Waals surface area contributed by atoms with Gasteiger partial charge in [0.15, 0.2) is 6.29 Å². The lowest BCUT2D eigenvalue weighted by Crippen LogP contribution is -2.60. The van der Waals surface area contributed by atoms with E-state index in [0.29, 0.717) is 12.8 Å². The van der Waals surface area contributed by atoms with Crippen molar-refractivity contribution in [1.82, 2.24) is 5.32 Å². The third-order valence-corrected chi connectivity index (χ3v) is 10.6. The molecular formula is C43H83NO8. The van der Waals surface area contributed by atoms with Crippen LogP contribution >= 0.6 is 0 Å². The van der Waals surface area contributed by atoms with E-state index in [9.17, 15) is 30.3 Å². The van der Waals surface area contributed by atoms with Crippen LogP contribution in [0.25, 0.3) is 0 Å². The van der Waals surface area contributed by atoms with Crippen LogP contribution in [0.4, 0.5) is 0 Å². The van der Waals surface area contributed by atoms with Crippen molar-refractivity contribution in [2.75, 3.05) is 13.2 Å². The molecule has 9 heteroatoms. The van der Waals surface area contributed by atoms with Gasteiger partial charge in [0.2, 0.25) is 5.91 Å². The van der Waals surface area contributed by atoms with Gasteiger partial charge in [0, 0.05) is 6.42 Å². The summed E-state index contributed by atoms with van der Waals surface area (Å²) < 4.78 is 11.2. The SMILES string of the molecule is CCCCCCCC/C=C/CCCCCCCC(=O)N[C@@H](CO[C@H]1O[C@@H](CO)[C@H](O)C(O)C1O)[C@H](O)CCCCCCCCCCCCCCCC. The Hall–Kier alpha value is -1.07. The standard InChI is InChI=1S/C43H83NO8/c1-3-5-7-9-11-13-15-17-19-21-23-25-27-29-31-33-39(47)44-36(35-51-43-42(50)41(49)40(48)38(34-45)52-43)37(46)32-30-28-26-24-22-20-18-16-14-12-10-8-6-4-2/h17,19,36-38,40-43,45-46,48-50H,3-16,18,20-35H2,1-2H3,(H,44,47)/b19-17+/t36-,37+,38-,40-,41?,42?,43-/m0/s1. The van der Waals surface area contributed by atoms with Gasteiger partial charge >= 0.3 is 0 Å². The maximum Gasteiger partial charge on any atom is 0.220 e. The Labute approximate surface area is 318 Å². The van der Waals surface area contributed by atoms with Crippen LogP contribution in [0, 0.1) is 0 Å². The van der Waals surface area contributed by atoms with E-state index in [4.69, 9.17) is 9.47 Å². The quantitative estimate of drug-likeness (QED) is 0.0277. The second-order valence-corrected chi connectivity index (χ2v) is 15.5.